The molecule has 0 amide bonds. The minimum atomic E-state index is 0.448. The predicted octanol–water partition coefficient (Wildman–Crippen LogP) is 1.65. The standard InChI is InChI=1S/C11H18N4/c1-2-5-9(4-1)14-10-6-3-7-15-11(10)12-8-13-15/h8-10,14H,1-7H2. The van der Waals surface area contributed by atoms with E-state index in [2.05, 4.69) is 20.1 Å². The SMILES string of the molecule is c1nc2n(n1)CCCC2NC1CCCC1. The van der Waals surface area contributed by atoms with Gasteiger partial charge in [0.1, 0.15) is 12.2 Å². The van der Waals surface area contributed by atoms with E-state index in [1.165, 1.54) is 38.5 Å². The maximum absolute atomic E-state index is 4.37. The van der Waals surface area contributed by atoms with E-state index in [4.69, 9.17) is 0 Å². The highest BCUT2D eigenvalue weighted by molar-refractivity contribution is 4.98. The Balaban J connectivity index is 1.72. The molecule has 4 nitrogen and oxygen atoms in total. The average molecular weight is 206 g/mol. The first kappa shape index (κ1) is 9.33. The highest BCUT2D eigenvalue weighted by Crippen LogP contribution is 2.26. The van der Waals surface area contributed by atoms with E-state index in [-0.39, 0.29) is 0 Å². The Bertz CT molecular complexity index is 327. The van der Waals surface area contributed by atoms with Crippen molar-refractivity contribution in [2.45, 2.75) is 57.2 Å². The maximum atomic E-state index is 4.37. The Kier molecular flexibility index (Phi) is 2.44. The van der Waals surface area contributed by atoms with Gasteiger partial charge in [0.25, 0.3) is 0 Å². The highest BCUT2D eigenvalue weighted by Gasteiger charge is 2.25. The quantitative estimate of drug-likeness (QED) is 0.800. The van der Waals surface area contributed by atoms with E-state index in [1.54, 1.807) is 6.33 Å². The second-order valence-electron chi connectivity index (χ2n) is 4.68. The lowest BCUT2D eigenvalue weighted by Gasteiger charge is -2.26. The van der Waals surface area contributed by atoms with Crippen LogP contribution in [0.2, 0.25) is 0 Å². The first-order valence-electron chi connectivity index (χ1n) is 6.07. The molecule has 1 saturated carbocycles. The van der Waals surface area contributed by atoms with Crippen LogP contribution >= 0.6 is 0 Å². The van der Waals surface area contributed by atoms with Gasteiger partial charge in [-0.15, -0.1) is 0 Å². The third-order valence-corrected chi connectivity index (χ3v) is 3.61. The largest absolute Gasteiger partial charge is 0.305 e. The molecule has 3 rings (SSSR count). The second-order valence-corrected chi connectivity index (χ2v) is 4.68. The van der Waals surface area contributed by atoms with Gasteiger partial charge in [-0.1, -0.05) is 12.8 Å². The summed E-state index contributed by atoms with van der Waals surface area (Å²) >= 11 is 0. The van der Waals surface area contributed by atoms with Crippen molar-refractivity contribution in [2.24, 2.45) is 0 Å². The van der Waals surface area contributed by atoms with Crippen molar-refractivity contribution in [2.75, 3.05) is 0 Å². The van der Waals surface area contributed by atoms with E-state index < -0.39 is 0 Å². The Hall–Kier alpha value is -0.900. The molecule has 1 N–H and O–H groups in total. The summed E-state index contributed by atoms with van der Waals surface area (Å²) in [4.78, 5) is 4.37. The number of hydrogen-bond donors (Lipinski definition) is 1. The van der Waals surface area contributed by atoms with Crippen molar-refractivity contribution in [3.05, 3.63) is 12.2 Å². The van der Waals surface area contributed by atoms with Crippen molar-refractivity contribution in [1.82, 2.24) is 20.1 Å². The predicted molar refractivity (Wildman–Crippen MR) is 57.4 cm³/mol. The average Bonchev–Trinajstić information content (AvgIpc) is 2.87. The van der Waals surface area contributed by atoms with Crippen LogP contribution in [0.4, 0.5) is 0 Å². The minimum absolute atomic E-state index is 0.448. The number of fused-ring (bicyclic) bond motifs is 1. The van der Waals surface area contributed by atoms with Gasteiger partial charge in [0.2, 0.25) is 0 Å². The van der Waals surface area contributed by atoms with Crippen LogP contribution in [0, 0.1) is 0 Å². The van der Waals surface area contributed by atoms with Crippen molar-refractivity contribution >= 4 is 0 Å². The monoisotopic (exact) mass is 206 g/mol. The summed E-state index contributed by atoms with van der Waals surface area (Å²) in [5.41, 5.74) is 0. The fourth-order valence-corrected chi connectivity index (χ4v) is 2.82. The lowest BCUT2D eigenvalue weighted by molar-refractivity contribution is 0.335. The fraction of sp³-hybridized carbons (Fsp3) is 0.818. The molecule has 1 aromatic heterocycles. The van der Waals surface area contributed by atoms with Crippen molar-refractivity contribution in [1.29, 1.82) is 0 Å². The third kappa shape index (κ3) is 1.78. The fourth-order valence-electron chi connectivity index (χ4n) is 2.82. The van der Waals surface area contributed by atoms with E-state index in [0.29, 0.717) is 6.04 Å². The summed E-state index contributed by atoms with van der Waals surface area (Å²) in [6.07, 6.45) is 9.57. The molecule has 1 aliphatic carbocycles. The lowest BCUT2D eigenvalue weighted by Crippen LogP contribution is -2.34. The summed E-state index contributed by atoms with van der Waals surface area (Å²) in [7, 11) is 0. The van der Waals surface area contributed by atoms with Crippen LogP contribution in [0.1, 0.15) is 50.4 Å². The number of hydrogen-bond acceptors (Lipinski definition) is 3. The van der Waals surface area contributed by atoms with Gasteiger partial charge < -0.3 is 5.32 Å². The van der Waals surface area contributed by atoms with E-state index >= 15 is 0 Å². The van der Waals surface area contributed by atoms with Gasteiger partial charge in [-0.3, -0.25) is 0 Å². The Morgan fingerprint density at radius 1 is 1.20 bits per heavy atom. The molecule has 1 aliphatic heterocycles. The zero-order valence-corrected chi connectivity index (χ0v) is 9.02. The first-order valence-corrected chi connectivity index (χ1v) is 6.07. The van der Waals surface area contributed by atoms with Gasteiger partial charge >= 0.3 is 0 Å². The van der Waals surface area contributed by atoms with E-state index in [1.807, 2.05) is 0 Å². The van der Waals surface area contributed by atoms with Crippen LogP contribution in [0.5, 0.6) is 0 Å². The van der Waals surface area contributed by atoms with Gasteiger partial charge in [0, 0.05) is 12.6 Å². The summed E-state index contributed by atoms with van der Waals surface area (Å²) in [5, 5.41) is 7.98. The highest BCUT2D eigenvalue weighted by atomic mass is 15.3. The van der Waals surface area contributed by atoms with Crippen LogP contribution in [0.25, 0.3) is 0 Å². The molecule has 0 radical (unpaired) electrons. The van der Waals surface area contributed by atoms with Gasteiger partial charge in [0.15, 0.2) is 0 Å². The number of rotatable bonds is 2. The van der Waals surface area contributed by atoms with Crippen molar-refractivity contribution < 1.29 is 0 Å². The number of aryl methyl sites for hydroxylation is 1. The van der Waals surface area contributed by atoms with Gasteiger partial charge in [-0.05, 0) is 25.7 Å². The van der Waals surface area contributed by atoms with Crippen molar-refractivity contribution in [3.63, 3.8) is 0 Å². The molecule has 0 aromatic carbocycles. The Morgan fingerprint density at radius 2 is 2.07 bits per heavy atom. The molecule has 1 atom stereocenters. The summed E-state index contributed by atoms with van der Waals surface area (Å²) in [6.45, 7) is 1.04. The molecule has 1 aromatic rings. The molecule has 2 heterocycles. The first-order chi connectivity index (χ1) is 7.43. The van der Waals surface area contributed by atoms with Crippen LogP contribution in [0.3, 0.4) is 0 Å². The minimum Gasteiger partial charge on any atom is -0.305 e. The second kappa shape index (κ2) is 3.93. The number of nitrogens with one attached hydrogen (secondary N) is 1. The molecule has 0 spiro atoms. The van der Waals surface area contributed by atoms with Crippen LogP contribution in [0.15, 0.2) is 6.33 Å². The van der Waals surface area contributed by atoms with Gasteiger partial charge in [-0.2, -0.15) is 5.10 Å². The van der Waals surface area contributed by atoms with Crippen LogP contribution in [-0.2, 0) is 6.54 Å². The van der Waals surface area contributed by atoms with Crippen LogP contribution < -0.4 is 5.32 Å². The lowest BCUT2D eigenvalue weighted by atomic mass is 10.1. The molecule has 0 bridgehead atoms. The molecule has 82 valence electrons. The van der Waals surface area contributed by atoms with Crippen LogP contribution in [-0.4, -0.2) is 20.8 Å². The molecule has 4 heteroatoms. The molecule has 15 heavy (non-hydrogen) atoms. The van der Waals surface area contributed by atoms with E-state index in [0.717, 1.165) is 18.4 Å². The molecular weight excluding hydrogens is 188 g/mol. The smallest absolute Gasteiger partial charge is 0.143 e. The molecule has 1 unspecified atom stereocenters. The Morgan fingerprint density at radius 3 is 2.93 bits per heavy atom. The molecule has 0 saturated heterocycles. The topological polar surface area (TPSA) is 42.7 Å². The summed E-state index contributed by atoms with van der Waals surface area (Å²) < 4.78 is 2.05. The normalized spacial score (nSPS) is 26.8. The van der Waals surface area contributed by atoms with Gasteiger partial charge in [-0.25, -0.2) is 9.67 Å². The Labute approximate surface area is 90.1 Å². The van der Waals surface area contributed by atoms with Gasteiger partial charge in [0.05, 0.1) is 6.04 Å². The third-order valence-electron chi connectivity index (χ3n) is 3.61. The number of aromatic nitrogens is 3. The molecular formula is C11H18N4. The van der Waals surface area contributed by atoms with E-state index in [9.17, 15) is 0 Å². The molecule has 1 fully saturated rings. The zero-order chi connectivity index (χ0) is 10.1. The summed E-state index contributed by atoms with van der Waals surface area (Å²) in [6, 6.07) is 1.17. The number of nitrogens with zero attached hydrogens (tertiary/aromatic N) is 3. The van der Waals surface area contributed by atoms with Crippen molar-refractivity contribution in [3.8, 4) is 0 Å². The maximum Gasteiger partial charge on any atom is 0.143 e. The zero-order valence-electron chi connectivity index (χ0n) is 9.02. The summed E-state index contributed by atoms with van der Waals surface area (Å²) in [5.74, 6) is 1.15. The molecule has 2 aliphatic rings.